The fourth-order valence-electron chi connectivity index (χ4n) is 2.98. The number of piperazine rings is 1. The van der Waals surface area contributed by atoms with Crippen molar-refractivity contribution < 1.29 is 9.53 Å². The van der Waals surface area contributed by atoms with Crippen LogP contribution in [0.5, 0.6) is 5.75 Å². The third kappa shape index (κ3) is 5.36. The van der Waals surface area contributed by atoms with Crippen LogP contribution < -0.4 is 15.0 Å². The number of amides is 1. The molecule has 0 radical (unpaired) electrons. The summed E-state index contributed by atoms with van der Waals surface area (Å²) in [5.74, 6) is 1.39. The highest BCUT2D eigenvalue weighted by Crippen LogP contribution is 2.21. The molecular formula is C21H27ClN4O2. The molecule has 0 unspecified atom stereocenters. The molecule has 2 aromatic rings. The second kappa shape index (κ2) is 8.80. The number of aromatic nitrogens is 1. The molecule has 0 saturated carbocycles. The van der Waals surface area contributed by atoms with Crippen LogP contribution in [0.4, 0.5) is 5.82 Å². The number of carbonyl (C=O) groups is 1. The normalized spacial score (nSPS) is 15.4. The van der Waals surface area contributed by atoms with Crippen molar-refractivity contribution in [2.75, 3.05) is 38.1 Å². The quantitative estimate of drug-likeness (QED) is 0.805. The highest BCUT2D eigenvalue weighted by Gasteiger charge is 2.29. The summed E-state index contributed by atoms with van der Waals surface area (Å²) >= 11 is 5.88. The molecule has 0 bridgehead atoms. The number of rotatable bonds is 6. The first-order chi connectivity index (χ1) is 13.3. The summed E-state index contributed by atoms with van der Waals surface area (Å²) in [5, 5.41) is 3.55. The van der Waals surface area contributed by atoms with E-state index in [1.165, 1.54) is 0 Å². The highest BCUT2D eigenvalue weighted by atomic mass is 35.5. The van der Waals surface area contributed by atoms with Crippen LogP contribution in [-0.4, -0.2) is 54.6 Å². The highest BCUT2D eigenvalue weighted by molar-refractivity contribution is 6.30. The Labute approximate surface area is 171 Å². The molecule has 1 aromatic heterocycles. The second-order valence-electron chi connectivity index (χ2n) is 7.56. The van der Waals surface area contributed by atoms with Crippen LogP contribution >= 0.6 is 11.6 Å². The predicted octanol–water partition coefficient (Wildman–Crippen LogP) is 2.96. The Balaban J connectivity index is 1.52. The van der Waals surface area contributed by atoms with Crippen molar-refractivity contribution in [3.05, 3.63) is 53.2 Å². The molecule has 2 heterocycles. The summed E-state index contributed by atoms with van der Waals surface area (Å²) in [6.07, 6.45) is 1.82. The van der Waals surface area contributed by atoms with Gasteiger partial charge in [-0.15, -0.1) is 0 Å². The summed E-state index contributed by atoms with van der Waals surface area (Å²) in [6.45, 7) is 7.94. The lowest BCUT2D eigenvalue weighted by Crippen LogP contribution is -2.46. The monoisotopic (exact) mass is 402 g/mol. The molecule has 150 valence electrons. The van der Waals surface area contributed by atoms with Gasteiger partial charge in [-0.25, -0.2) is 4.98 Å². The molecule has 28 heavy (non-hydrogen) atoms. The standard InChI is InChI=1S/C21H27ClN4O2/c1-21(2,28-18-7-5-17(22)6-8-18)20(27)24-15-16-4-9-19(23-14-16)26-12-10-25(3)11-13-26/h4-9,14H,10-13,15H2,1-3H3,(H,24,27). The molecule has 0 aliphatic carbocycles. The van der Waals surface area contributed by atoms with Gasteiger partial charge in [0.05, 0.1) is 0 Å². The molecule has 1 amide bonds. The van der Waals surface area contributed by atoms with Gasteiger partial charge in [0.25, 0.3) is 5.91 Å². The van der Waals surface area contributed by atoms with Crippen LogP contribution in [-0.2, 0) is 11.3 Å². The lowest BCUT2D eigenvalue weighted by molar-refractivity contribution is -0.134. The fourth-order valence-corrected chi connectivity index (χ4v) is 3.11. The zero-order valence-corrected chi connectivity index (χ0v) is 17.4. The summed E-state index contributed by atoms with van der Waals surface area (Å²) in [6, 6.07) is 11.0. The average molecular weight is 403 g/mol. The van der Waals surface area contributed by atoms with Gasteiger partial charge in [0.2, 0.25) is 0 Å². The Bertz CT molecular complexity index is 785. The number of nitrogens with zero attached hydrogens (tertiary/aromatic N) is 3. The Hall–Kier alpha value is -2.31. The summed E-state index contributed by atoms with van der Waals surface area (Å²) < 4.78 is 5.82. The molecule has 1 aliphatic rings. The molecular weight excluding hydrogens is 376 g/mol. The largest absolute Gasteiger partial charge is 0.478 e. The minimum absolute atomic E-state index is 0.189. The van der Waals surface area contributed by atoms with E-state index in [2.05, 4.69) is 27.1 Å². The first kappa shape index (κ1) is 20.4. The van der Waals surface area contributed by atoms with Crippen molar-refractivity contribution >= 4 is 23.3 Å². The van der Waals surface area contributed by atoms with Crippen LogP contribution in [0.2, 0.25) is 5.02 Å². The lowest BCUT2D eigenvalue weighted by atomic mass is 10.1. The van der Waals surface area contributed by atoms with Crippen molar-refractivity contribution in [3.8, 4) is 5.75 Å². The molecule has 1 aliphatic heterocycles. The van der Waals surface area contributed by atoms with E-state index in [-0.39, 0.29) is 5.91 Å². The first-order valence-electron chi connectivity index (χ1n) is 9.45. The lowest BCUT2D eigenvalue weighted by Gasteiger charge is -2.33. The van der Waals surface area contributed by atoms with E-state index in [1.54, 1.807) is 38.1 Å². The Kier molecular flexibility index (Phi) is 6.42. The summed E-state index contributed by atoms with van der Waals surface area (Å²) in [7, 11) is 2.13. The van der Waals surface area contributed by atoms with Gasteiger partial charge in [-0.05, 0) is 56.8 Å². The minimum Gasteiger partial charge on any atom is -0.478 e. The van der Waals surface area contributed by atoms with E-state index in [1.807, 2.05) is 18.3 Å². The van der Waals surface area contributed by atoms with Crippen molar-refractivity contribution in [2.24, 2.45) is 0 Å². The van der Waals surface area contributed by atoms with Crippen molar-refractivity contribution in [1.82, 2.24) is 15.2 Å². The van der Waals surface area contributed by atoms with Crippen molar-refractivity contribution in [1.29, 1.82) is 0 Å². The SMILES string of the molecule is CN1CCN(c2ccc(CNC(=O)C(C)(C)Oc3ccc(Cl)cc3)cn2)CC1. The smallest absolute Gasteiger partial charge is 0.263 e. The van der Waals surface area contributed by atoms with Gasteiger partial charge in [0.1, 0.15) is 11.6 Å². The molecule has 0 atom stereocenters. The predicted molar refractivity (Wildman–Crippen MR) is 112 cm³/mol. The van der Waals surface area contributed by atoms with E-state index in [9.17, 15) is 4.79 Å². The van der Waals surface area contributed by atoms with E-state index in [0.717, 1.165) is 37.6 Å². The number of ether oxygens (including phenoxy) is 1. The van der Waals surface area contributed by atoms with Crippen LogP contribution in [0.3, 0.4) is 0 Å². The van der Waals surface area contributed by atoms with Gasteiger partial charge >= 0.3 is 0 Å². The summed E-state index contributed by atoms with van der Waals surface area (Å²) in [5.41, 5.74) is -0.0466. The third-order valence-electron chi connectivity index (χ3n) is 4.82. The number of pyridine rings is 1. The Morgan fingerprint density at radius 3 is 2.43 bits per heavy atom. The molecule has 3 rings (SSSR count). The number of hydrogen-bond acceptors (Lipinski definition) is 5. The number of halogens is 1. The number of carbonyl (C=O) groups excluding carboxylic acids is 1. The van der Waals surface area contributed by atoms with Gasteiger partial charge in [-0.2, -0.15) is 0 Å². The Morgan fingerprint density at radius 1 is 1.14 bits per heavy atom. The van der Waals surface area contributed by atoms with Gasteiger partial charge in [0, 0.05) is 43.9 Å². The summed E-state index contributed by atoms with van der Waals surface area (Å²) in [4.78, 5) is 21.7. The van der Waals surface area contributed by atoms with E-state index < -0.39 is 5.60 Å². The van der Waals surface area contributed by atoms with Crippen LogP contribution in [0.25, 0.3) is 0 Å². The maximum Gasteiger partial charge on any atom is 0.263 e. The molecule has 0 spiro atoms. The van der Waals surface area contributed by atoms with Crippen LogP contribution in [0.1, 0.15) is 19.4 Å². The maximum absolute atomic E-state index is 12.6. The molecule has 7 heteroatoms. The second-order valence-corrected chi connectivity index (χ2v) is 8.00. The van der Waals surface area contributed by atoms with Crippen LogP contribution in [0, 0.1) is 0 Å². The van der Waals surface area contributed by atoms with Gasteiger partial charge in [-0.3, -0.25) is 4.79 Å². The topological polar surface area (TPSA) is 57.7 Å². The van der Waals surface area contributed by atoms with Crippen molar-refractivity contribution in [2.45, 2.75) is 26.0 Å². The van der Waals surface area contributed by atoms with Crippen molar-refractivity contribution in [3.63, 3.8) is 0 Å². The number of likely N-dealkylation sites (N-methyl/N-ethyl adjacent to an activating group) is 1. The average Bonchev–Trinajstić information content (AvgIpc) is 2.69. The van der Waals surface area contributed by atoms with E-state index in [4.69, 9.17) is 16.3 Å². The van der Waals surface area contributed by atoms with Crippen LogP contribution in [0.15, 0.2) is 42.6 Å². The zero-order valence-electron chi connectivity index (χ0n) is 16.6. The molecule has 1 fully saturated rings. The number of benzene rings is 1. The zero-order chi connectivity index (χ0) is 20.1. The minimum atomic E-state index is -0.999. The third-order valence-corrected chi connectivity index (χ3v) is 5.07. The molecule has 1 saturated heterocycles. The number of anilines is 1. The van der Waals surface area contributed by atoms with Gasteiger partial charge in [0.15, 0.2) is 5.60 Å². The van der Waals surface area contributed by atoms with E-state index >= 15 is 0 Å². The van der Waals surface area contributed by atoms with E-state index in [0.29, 0.717) is 17.3 Å². The fraction of sp³-hybridized carbons (Fsp3) is 0.429. The number of nitrogens with one attached hydrogen (secondary N) is 1. The van der Waals surface area contributed by atoms with Gasteiger partial charge < -0.3 is 19.9 Å². The molecule has 6 nitrogen and oxygen atoms in total. The Morgan fingerprint density at radius 2 is 1.82 bits per heavy atom. The maximum atomic E-state index is 12.6. The molecule has 1 N–H and O–H groups in total. The van der Waals surface area contributed by atoms with Gasteiger partial charge in [-0.1, -0.05) is 17.7 Å². The molecule has 1 aromatic carbocycles. The number of hydrogen-bond donors (Lipinski definition) is 1. The first-order valence-corrected chi connectivity index (χ1v) is 9.82.